The number of carbonyl (C=O) groups is 1. The van der Waals surface area contributed by atoms with Crippen molar-refractivity contribution in [1.29, 1.82) is 0 Å². The van der Waals surface area contributed by atoms with E-state index in [0.29, 0.717) is 23.8 Å². The fourth-order valence-electron chi connectivity index (χ4n) is 3.11. The molecule has 0 saturated heterocycles. The van der Waals surface area contributed by atoms with Gasteiger partial charge in [-0.05, 0) is 31.0 Å². The number of nitrogens with one attached hydrogen (secondary N) is 1. The minimum absolute atomic E-state index is 0.0679. The smallest absolute Gasteiger partial charge is 0.253 e. The summed E-state index contributed by atoms with van der Waals surface area (Å²) in [4.78, 5) is 14.2. The van der Waals surface area contributed by atoms with Gasteiger partial charge in [0.15, 0.2) is 0 Å². The van der Waals surface area contributed by atoms with Crippen LogP contribution in [0.1, 0.15) is 42.5 Å². The van der Waals surface area contributed by atoms with Crippen molar-refractivity contribution < 1.29 is 9.90 Å². The van der Waals surface area contributed by atoms with E-state index in [-0.39, 0.29) is 12.5 Å². The van der Waals surface area contributed by atoms with E-state index in [9.17, 15) is 9.90 Å². The highest BCUT2D eigenvalue weighted by atomic mass is 16.3. The van der Waals surface area contributed by atoms with Gasteiger partial charge in [0, 0.05) is 25.3 Å². The summed E-state index contributed by atoms with van der Waals surface area (Å²) in [6.45, 7) is 0.594. The molecular weight excluding hydrogens is 266 g/mol. The van der Waals surface area contributed by atoms with Crippen molar-refractivity contribution in [2.45, 2.75) is 38.1 Å². The molecule has 0 radical (unpaired) electrons. The van der Waals surface area contributed by atoms with Crippen molar-refractivity contribution in [2.24, 2.45) is 0 Å². The predicted molar refractivity (Wildman–Crippen MR) is 85.5 cm³/mol. The van der Waals surface area contributed by atoms with Crippen LogP contribution < -0.4 is 16.0 Å². The van der Waals surface area contributed by atoms with Crippen LogP contribution in [-0.2, 0) is 0 Å². The monoisotopic (exact) mass is 291 g/mol. The van der Waals surface area contributed by atoms with Gasteiger partial charge in [-0.15, -0.1) is 0 Å². The van der Waals surface area contributed by atoms with Gasteiger partial charge < -0.3 is 21.1 Å². The third kappa shape index (κ3) is 3.67. The zero-order valence-electron chi connectivity index (χ0n) is 12.6. The number of nitrogens with zero attached hydrogens (tertiary/aromatic N) is 1. The molecule has 116 valence electrons. The molecule has 1 aromatic rings. The SMILES string of the molecule is CNC(=O)c1ccc(N)cc1N(CCO)C1CCCCC1. The van der Waals surface area contributed by atoms with Gasteiger partial charge >= 0.3 is 0 Å². The number of hydrogen-bond acceptors (Lipinski definition) is 4. The Hall–Kier alpha value is -1.75. The lowest BCUT2D eigenvalue weighted by Crippen LogP contribution is -2.40. The summed E-state index contributed by atoms with van der Waals surface area (Å²) in [6, 6.07) is 5.72. The number of aliphatic hydroxyl groups is 1. The predicted octanol–water partition coefficient (Wildman–Crippen LogP) is 1.76. The Balaban J connectivity index is 2.37. The van der Waals surface area contributed by atoms with E-state index in [1.54, 1.807) is 19.2 Å². The first kappa shape index (κ1) is 15.6. The van der Waals surface area contributed by atoms with Gasteiger partial charge in [-0.3, -0.25) is 4.79 Å². The largest absolute Gasteiger partial charge is 0.399 e. The van der Waals surface area contributed by atoms with E-state index in [0.717, 1.165) is 18.5 Å². The Labute approximate surface area is 126 Å². The van der Waals surface area contributed by atoms with Crippen LogP contribution in [0.4, 0.5) is 11.4 Å². The van der Waals surface area contributed by atoms with E-state index in [2.05, 4.69) is 10.2 Å². The summed E-state index contributed by atoms with van der Waals surface area (Å²) in [6.07, 6.45) is 5.86. The molecule has 2 rings (SSSR count). The zero-order chi connectivity index (χ0) is 15.2. The van der Waals surface area contributed by atoms with Crippen LogP contribution in [0.2, 0.25) is 0 Å². The molecule has 1 fully saturated rings. The number of amides is 1. The Morgan fingerprint density at radius 2 is 2.10 bits per heavy atom. The molecular formula is C16H25N3O2. The van der Waals surface area contributed by atoms with E-state index >= 15 is 0 Å². The molecule has 0 aromatic heterocycles. The Morgan fingerprint density at radius 3 is 2.71 bits per heavy atom. The number of aliphatic hydroxyl groups excluding tert-OH is 1. The molecule has 5 nitrogen and oxygen atoms in total. The number of nitrogen functional groups attached to an aromatic ring is 1. The highest BCUT2D eigenvalue weighted by molar-refractivity contribution is 6.00. The minimum atomic E-state index is -0.122. The van der Waals surface area contributed by atoms with Crippen molar-refractivity contribution in [3.05, 3.63) is 23.8 Å². The number of nitrogens with two attached hydrogens (primary N) is 1. The van der Waals surface area contributed by atoms with Gasteiger partial charge in [0.1, 0.15) is 0 Å². The quantitative estimate of drug-likeness (QED) is 0.722. The molecule has 1 aromatic carbocycles. The van der Waals surface area contributed by atoms with Crippen molar-refractivity contribution in [2.75, 3.05) is 30.8 Å². The van der Waals surface area contributed by atoms with Crippen LogP contribution in [0.5, 0.6) is 0 Å². The highest BCUT2D eigenvalue weighted by Crippen LogP contribution is 2.31. The number of carbonyl (C=O) groups excluding carboxylic acids is 1. The lowest BCUT2D eigenvalue weighted by molar-refractivity contribution is 0.0963. The fraction of sp³-hybridized carbons (Fsp3) is 0.562. The summed E-state index contributed by atoms with van der Waals surface area (Å²) in [5.41, 5.74) is 7.99. The van der Waals surface area contributed by atoms with Crippen LogP contribution in [-0.4, -0.2) is 37.3 Å². The van der Waals surface area contributed by atoms with Gasteiger partial charge in [-0.25, -0.2) is 0 Å². The van der Waals surface area contributed by atoms with Gasteiger partial charge in [-0.1, -0.05) is 19.3 Å². The average molecular weight is 291 g/mol. The summed E-state index contributed by atoms with van der Waals surface area (Å²) < 4.78 is 0. The Kier molecular flexibility index (Phi) is 5.44. The maximum atomic E-state index is 12.1. The molecule has 1 amide bonds. The standard InChI is InChI=1S/C16H25N3O2/c1-18-16(21)14-8-7-12(17)11-15(14)19(9-10-20)13-5-3-2-4-6-13/h7-8,11,13,20H,2-6,9-10,17H2,1H3,(H,18,21). The van der Waals surface area contributed by atoms with Crippen molar-refractivity contribution in [3.63, 3.8) is 0 Å². The first-order valence-corrected chi connectivity index (χ1v) is 7.66. The summed E-state index contributed by atoms with van der Waals surface area (Å²) in [5, 5.41) is 12.1. The molecule has 0 atom stereocenters. The third-order valence-corrected chi connectivity index (χ3v) is 4.16. The normalized spacial score (nSPS) is 15.7. The molecule has 0 spiro atoms. The second-order valence-electron chi connectivity index (χ2n) is 5.56. The molecule has 4 N–H and O–H groups in total. The summed E-state index contributed by atoms with van der Waals surface area (Å²) in [5.74, 6) is -0.122. The average Bonchev–Trinajstić information content (AvgIpc) is 2.52. The lowest BCUT2D eigenvalue weighted by atomic mass is 9.93. The van der Waals surface area contributed by atoms with Crippen LogP contribution in [0, 0.1) is 0 Å². The van der Waals surface area contributed by atoms with E-state index in [1.165, 1.54) is 19.3 Å². The second-order valence-corrected chi connectivity index (χ2v) is 5.56. The first-order valence-electron chi connectivity index (χ1n) is 7.66. The van der Waals surface area contributed by atoms with E-state index in [1.807, 2.05) is 6.07 Å². The van der Waals surface area contributed by atoms with Crippen LogP contribution in [0.25, 0.3) is 0 Å². The second kappa shape index (κ2) is 7.31. The highest BCUT2D eigenvalue weighted by Gasteiger charge is 2.24. The van der Waals surface area contributed by atoms with Gasteiger partial charge in [0.2, 0.25) is 0 Å². The third-order valence-electron chi connectivity index (χ3n) is 4.16. The van der Waals surface area contributed by atoms with Gasteiger partial charge in [0.25, 0.3) is 5.91 Å². The molecule has 1 saturated carbocycles. The molecule has 0 bridgehead atoms. The first-order chi connectivity index (χ1) is 10.2. The molecule has 0 aliphatic heterocycles. The van der Waals surface area contributed by atoms with Crippen molar-refractivity contribution >= 4 is 17.3 Å². The molecule has 5 heteroatoms. The van der Waals surface area contributed by atoms with Crippen molar-refractivity contribution in [1.82, 2.24) is 5.32 Å². The van der Waals surface area contributed by atoms with Gasteiger partial charge in [0.05, 0.1) is 17.9 Å². The van der Waals surface area contributed by atoms with Crippen LogP contribution in [0.15, 0.2) is 18.2 Å². The number of anilines is 2. The lowest BCUT2D eigenvalue weighted by Gasteiger charge is -2.37. The maximum Gasteiger partial charge on any atom is 0.253 e. The van der Waals surface area contributed by atoms with Crippen LogP contribution in [0.3, 0.4) is 0 Å². The van der Waals surface area contributed by atoms with E-state index < -0.39 is 0 Å². The maximum absolute atomic E-state index is 12.1. The van der Waals surface area contributed by atoms with Gasteiger partial charge in [-0.2, -0.15) is 0 Å². The summed E-state index contributed by atoms with van der Waals surface area (Å²) >= 11 is 0. The fourth-order valence-corrected chi connectivity index (χ4v) is 3.11. The van der Waals surface area contributed by atoms with Crippen LogP contribution >= 0.6 is 0 Å². The Bertz CT molecular complexity index is 484. The summed E-state index contributed by atoms with van der Waals surface area (Å²) in [7, 11) is 1.62. The van der Waals surface area contributed by atoms with E-state index in [4.69, 9.17) is 5.73 Å². The number of hydrogen-bond donors (Lipinski definition) is 3. The number of benzene rings is 1. The molecule has 1 aliphatic rings. The number of rotatable bonds is 5. The Morgan fingerprint density at radius 1 is 1.38 bits per heavy atom. The topological polar surface area (TPSA) is 78.6 Å². The van der Waals surface area contributed by atoms with Crippen molar-refractivity contribution in [3.8, 4) is 0 Å². The zero-order valence-corrected chi connectivity index (χ0v) is 12.6. The molecule has 0 heterocycles. The molecule has 0 unspecified atom stereocenters. The minimum Gasteiger partial charge on any atom is -0.399 e. The molecule has 21 heavy (non-hydrogen) atoms. The molecule has 1 aliphatic carbocycles.